The molecule has 0 heterocycles. The van der Waals surface area contributed by atoms with Gasteiger partial charge in [0.15, 0.2) is 0 Å². The average Bonchev–Trinajstić information content (AvgIpc) is 2.31. The van der Waals surface area contributed by atoms with Gasteiger partial charge in [-0.2, -0.15) is 17.0 Å². The lowest BCUT2D eigenvalue weighted by molar-refractivity contribution is 0.590. The van der Waals surface area contributed by atoms with Crippen LogP contribution < -0.4 is 5.32 Å². The SMILES string of the molecule is CSCCC(C#N)NCc1ccccc1. The Balaban J connectivity index is 2.32. The first-order chi connectivity index (χ1) is 7.36. The van der Waals surface area contributed by atoms with Crippen molar-refractivity contribution in [2.45, 2.75) is 19.0 Å². The van der Waals surface area contributed by atoms with Crippen LogP contribution in [-0.4, -0.2) is 18.1 Å². The number of rotatable bonds is 6. The number of nitrogens with one attached hydrogen (secondary N) is 1. The van der Waals surface area contributed by atoms with E-state index >= 15 is 0 Å². The summed E-state index contributed by atoms with van der Waals surface area (Å²) in [6.07, 6.45) is 2.97. The van der Waals surface area contributed by atoms with Crippen molar-refractivity contribution in [2.75, 3.05) is 12.0 Å². The van der Waals surface area contributed by atoms with Crippen molar-refractivity contribution in [1.29, 1.82) is 5.26 Å². The van der Waals surface area contributed by atoms with Gasteiger partial charge in [-0.05, 0) is 24.0 Å². The summed E-state index contributed by atoms with van der Waals surface area (Å²) in [7, 11) is 0. The Hall–Kier alpha value is -0.980. The highest BCUT2D eigenvalue weighted by Crippen LogP contribution is 2.02. The largest absolute Gasteiger partial charge is 0.298 e. The van der Waals surface area contributed by atoms with Gasteiger partial charge in [0.05, 0.1) is 12.1 Å². The van der Waals surface area contributed by atoms with Crippen molar-refractivity contribution >= 4 is 11.8 Å². The summed E-state index contributed by atoms with van der Waals surface area (Å²) in [5, 5.41) is 12.2. The average molecular weight is 220 g/mol. The van der Waals surface area contributed by atoms with Gasteiger partial charge < -0.3 is 0 Å². The van der Waals surface area contributed by atoms with Crippen LogP contribution in [0.3, 0.4) is 0 Å². The van der Waals surface area contributed by atoms with Crippen molar-refractivity contribution in [3.63, 3.8) is 0 Å². The number of hydrogen-bond donors (Lipinski definition) is 1. The number of benzene rings is 1. The summed E-state index contributed by atoms with van der Waals surface area (Å²) in [4.78, 5) is 0. The van der Waals surface area contributed by atoms with E-state index in [1.54, 1.807) is 11.8 Å². The Morgan fingerprint density at radius 1 is 1.40 bits per heavy atom. The maximum Gasteiger partial charge on any atom is 0.0963 e. The zero-order valence-corrected chi connectivity index (χ0v) is 9.76. The zero-order valence-electron chi connectivity index (χ0n) is 8.94. The Labute approximate surface area is 95.7 Å². The summed E-state index contributed by atoms with van der Waals surface area (Å²) in [6, 6.07) is 12.4. The van der Waals surface area contributed by atoms with Gasteiger partial charge in [-0.3, -0.25) is 5.32 Å². The van der Waals surface area contributed by atoms with E-state index in [9.17, 15) is 0 Å². The highest BCUT2D eigenvalue weighted by atomic mass is 32.2. The molecule has 0 aliphatic heterocycles. The molecule has 1 rings (SSSR count). The fourth-order valence-electron chi connectivity index (χ4n) is 1.28. The van der Waals surface area contributed by atoms with E-state index in [-0.39, 0.29) is 6.04 Å². The molecule has 1 unspecified atom stereocenters. The van der Waals surface area contributed by atoms with Crippen LogP contribution >= 0.6 is 11.8 Å². The highest BCUT2D eigenvalue weighted by molar-refractivity contribution is 7.98. The van der Waals surface area contributed by atoms with E-state index < -0.39 is 0 Å². The predicted octanol–water partition coefficient (Wildman–Crippen LogP) is 2.42. The first-order valence-electron chi connectivity index (χ1n) is 5.02. The first-order valence-corrected chi connectivity index (χ1v) is 6.42. The molecule has 80 valence electrons. The van der Waals surface area contributed by atoms with Crippen molar-refractivity contribution in [2.24, 2.45) is 0 Å². The van der Waals surface area contributed by atoms with Gasteiger partial charge in [-0.1, -0.05) is 30.3 Å². The summed E-state index contributed by atoms with van der Waals surface area (Å²) in [5.74, 6) is 1.03. The minimum atomic E-state index is -0.0299. The summed E-state index contributed by atoms with van der Waals surface area (Å²) in [5.41, 5.74) is 1.22. The maximum absolute atomic E-state index is 8.91. The van der Waals surface area contributed by atoms with E-state index in [1.807, 2.05) is 18.2 Å². The van der Waals surface area contributed by atoms with Gasteiger partial charge in [0.2, 0.25) is 0 Å². The summed E-state index contributed by atoms with van der Waals surface area (Å²) in [6.45, 7) is 0.771. The van der Waals surface area contributed by atoms with Gasteiger partial charge in [-0.15, -0.1) is 0 Å². The van der Waals surface area contributed by atoms with E-state index in [0.29, 0.717) is 0 Å². The monoisotopic (exact) mass is 220 g/mol. The van der Waals surface area contributed by atoms with Crippen molar-refractivity contribution in [3.05, 3.63) is 35.9 Å². The molecule has 2 nitrogen and oxygen atoms in total. The van der Waals surface area contributed by atoms with Crippen LogP contribution in [0.15, 0.2) is 30.3 Å². The molecule has 0 fully saturated rings. The molecule has 0 bridgehead atoms. The third-order valence-electron chi connectivity index (χ3n) is 2.16. The van der Waals surface area contributed by atoms with Crippen LogP contribution in [0, 0.1) is 11.3 Å². The second-order valence-electron chi connectivity index (χ2n) is 3.33. The minimum Gasteiger partial charge on any atom is -0.298 e. The Bertz CT molecular complexity index is 305. The molecule has 0 saturated heterocycles. The lowest BCUT2D eigenvalue weighted by atomic mass is 10.2. The molecule has 0 radical (unpaired) electrons. The summed E-state index contributed by atoms with van der Waals surface area (Å²) >= 11 is 1.78. The minimum absolute atomic E-state index is 0.0299. The Kier molecular flexibility index (Phi) is 5.91. The van der Waals surface area contributed by atoms with E-state index in [2.05, 4.69) is 29.8 Å². The van der Waals surface area contributed by atoms with E-state index in [0.717, 1.165) is 18.7 Å². The maximum atomic E-state index is 8.91. The third kappa shape index (κ3) is 4.87. The quantitative estimate of drug-likeness (QED) is 0.799. The van der Waals surface area contributed by atoms with Crippen LogP contribution in [0.5, 0.6) is 0 Å². The molecule has 0 saturated carbocycles. The standard InChI is InChI=1S/C12H16N2S/c1-15-8-7-12(9-13)14-10-11-5-3-2-4-6-11/h2-6,12,14H,7-8,10H2,1H3. The van der Waals surface area contributed by atoms with Crippen molar-refractivity contribution in [3.8, 4) is 6.07 Å². The molecule has 1 aromatic carbocycles. The number of nitrogens with zero attached hydrogens (tertiary/aromatic N) is 1. The number of hydrogen-bond acceptors (Lipinski definition) is 3. The van der Waals surface area contributed by atoms with Gasteiger partial charge in [0.25, 0.3) is 0 Å². The molecule has 0 aliphatic rings. The van der Waals surface area contributed by atoms with E-state index in [1.165, 1.54) is 5.56 Å². The predicted molar refractivity (Wildman–Crippen MR) is 65.7 cm³/mol. The Morgan fingerprint density at radius 3 is 2.73 bits per heavy atom. The van der Waals surface area contributed by atoms with Crippen LogP contribution in [0.25, 0.3) is 0 Å². The molecule has 3 heteroatoms. The molecular formula is C12H16N2S. The van der Waals surface area contributed by atoms with Gasteiger partial charge in [-0.25, -0.2) is 0 Å². The normalized spacial score (nSPS) is 12.0. The van der Waals surface area contributed by atoms with Crippen LogP contribution in [0.4, 0.5) is 0 Å². The smallest absolute Gasteiger partial charge is 0.0963 e. The van der Waals surface area contributed by atoms with Crippen molar-refractivity contribution in [1.82, 2.24) is 5.32 Å². The van der Waals surface area contributed by atoms with Crippen molar-refractivity contribution < 1.29 is 0 Å². The molecule has 0 aliphatic carbocycles. The van der Waals surface area contributed by atoms with E-state index in [4.69, 9.17) is 5.26 Å². The molecule has 1 aromatic rings. The summed E-state index contributed by atoms with van der Waals surface area (Å²) < 4.78 is 0. The molecule has 1 N–H and O–H groups in total. The molecule has 0 aromatic heterocycles. The topological polar surface area (TPSA) is 35.8 Å². The second-order valence-corrected chi connectivity index (χ2v) is 4.32. The molecule has 1 atom stereocenters. The third-order valence-corrected chi connectivity index (χ3v) is 2.81. The molecule has 0 amide bonds. The lowest BCUT2D eigenvalue weighted by Gasteiger charge is -2.10. The lowest BCUT2D eigenvalue weighted by Crippen LogP contribution is -2.27. The van der Waals surface area contributed by atoms with Crippen LogP contribution in [-0.2, 0) is 6.54 Å². The fourth-order valence-corrected chi connectivity index (χ4v) is 1.76. The zero-order chi connectivity index (χ0) is 10.9. The van der Waals surface area contributed by atoms with Crippen LogP contribution in [0.1, 0.15) is 12.0 Å². The van der Waals surface area contributed by atoms with Gasteiger partial charge >= 0.3 is 0 Å². The molecule has 0 spiro atoms. The van der Waals surface area contributed by atoms with Gasteiger partial charge in [0, 0.05) is 6.54 Å². The number of nitriles is 1. The second kappa shape index (κ2) is 7.33. The first kappa shape index (κ1) is 12.1. The molecular weight excluding hydrogens is 204 g/mol. The molecule has 15 heavy (non-hydrogen) atoms. The fraction of sp³-hybridized carbons (Fsp3) is 0.417. The Morgan fingerprint density at radius 2 is 2.13 bits per heavy atom. The van der Waals surface area contributed by atoms with Gasteiger partial charge in [0.1, 0.15) is 0 Å². The highest BCUT2D eigenvalue weighted by Gasteiger charge is 2.05. The van der Waals surface area contributed by atoms with Crippen LogP contribution in [0.2, 0.25) is 0 Å². The number of thioether (sulfide) groups is 1.